The van der Waals surface area contributed by atoms with Crippen LogP contribution in [0.4, 0.5) is 5.00 Å². The number of hydrogen-bond donors (Lipinski definition) is 1. The molecule has 2 nitrogen and oxygen atoms in total. The van der Waals surface area contributed by atoms with Gasteiger partial charge in [-0.2, -0.15) is 5.26 Å². The van der Waals surface area contributed by atoms with Gasteiger partial charge in [-0.3, -0.25) is 0 Å². The van der Waals surface area contributed by atoms with Crippen LogP contribution in [-0.4, -0.2) is 0 Å². The third-order valence-corrected chi connectivity index (χ3v) is 3.29. The number of nitriles is 1. The van der Waals surface area contributed by atoms with Gasteiger partial charge in [0.15, 0.2) is 0 Å². The second-order valence-corrected chi connectivity index (χ2v) is 3.94. The number of fused-ring (bicyclic) bond motifs is 1. The summed E-state index contributed by atoms with van der Waals surface area (Å²) in [5, 5.41) is 10.8. The van der Waals surface area contributed by atoms with E-state index in [1.165, 1.54) is 11.3 Å². The largest absolute Gasteiger partial charge is 0.390 e. The number of hydrogen-bond acceptors (Lipinski definition) is 3. The first kappa shape index (κ1) is 8.09. The third kappa shape index (κ3) is 1.07. The molecule has 0 aliphatic rings. The molecule has 2 aromatic rings. The highest BCUT2D eigenvalue weighted by Gasteiger charge is 2.07. The summed E-state index contributed by atoms with van der Waals surface area (Å²) in [5.41, 5.74) is 7.58. The molecule has 2 rings (SSSR count). The fourth-order valence-electron chi connectivity index (χ4n) is 1.35. The molecule has 0 unspecified atom stereocenters. The summed E-state index contributed by atoms with van der Waals surface area (Å²) in [6.45, 7) is 1.98. The number of thiophene rings is 1. The summed E-state index contributed by atoms with van der Waals surface area (Å²) in [6.07, 6.45) is 0. The first-order valence-corrected chi connectivity index (χ1v) is 4.73. The molecule has 13 heavy (non-hydrogen) atoms. The maximum atomic E-state index is 8.85. The minimum absolute atomic E-state index is 0.710. The molecule has 0 atom stereocenters. The number of aryl methyl sites for hydroxylation is 1. The summed E-state index contributed by atoms with van der Waals surface area (Å²) < 4.78 is 1.00. The number of nitrogens with two attached hydrogens (primary N) is 1. The van der Waals surface area contributed by atoms with E-state index < -0.39 is 0 Å². The van der Waals surface area contributed by atoms with Crippen molar-refractivity contribution in [3.05, 3.63) is 29.3 Å². The number of nitrogen functional groups attached to an aromatic ring is 1. The molecule has 0 spiro atoms. The highest BCUT2D eigenvalue weighted by molar-refractivity contribution is 7.23. The van der Waals surface area contributed by atoms with Crippen LogP contribution in [0.1, 0.15) is 11.1 Å². The first-order chi connectivity index (χ1) is 6.24. The molecule has 0 aliphatic carbocycles. The third-order valence-electron chi connectivity index (χ3n) is 2.12. The molecule has 0 radical (unpaired) electrons. The molecule has 0 aliphatic heterocycles. The lowest BCUT2D eigenvalue weighted by Crippen LogP contribution is -1.80. The lowest BCUT2D eigenvalue weighted by atomic mass is 10.1. The van der Waals surface area contributed by atoms with E-state index in [1.807, 2.05) is 25.1 Å². The normalized spacial score (nSPS) is 10.2. The van der Waals surface area contributed by atoms with Crippen molar-refractivity contribution in [3.63, 3.8) is 0 Å². The maximum Gasteiger partial charge on any atom is 0.101 e. The Morgan fingerprint density at radius 3 is 2.92 bits per heavy atom. The second-order valence-electron chi connectivity index (χ2n) is 2.89. The summed E-state index contributed by atoms with van der Waals surface area (Å²) in [4.78, 5) is 0. The molecule has 1 aromatic heterocycles. The van der Waals surface area contributed by atoms with Gasteiger partial charge < -0.3 is 5.73 Å². The van der Waals surface area contributed by atoms with Crippen molar-refractivity contribution in [3.8, 4) is 6.07 Å². The van der Waals surface area contributed by atoms with E-state index >= 15 is 0 Å². The molecule has 0 saturated carbocycles. The molecule has 0 saturated heterocycles. The van der Waals surface area contributed by atoms with Gasteiger partial charge in [-0.15, -0.1) is 11.3 Å². The van der Waals surface area contributed by atoms with Crippen LogP contribution in [-0.2, 0) is 0 Å². The van der Waals surface area contributed by atoms with Crippen molar-refractivity contribution in [2.45, 2.75) is 6.92 Å². The van der Waals surface area contributed by atoms with Gasteiger partial charge >= 0.3 is 0 Å². The zero-order valence-corrected chi connectivity index (χ0v) is 7.98. The Labute approximate surface area is 80.2 Å². The Balaban J connectivity index is 2.95. The second kappa shape index (κ2) is 2.75. The molecule has 64 valence electrons. The lowest BCUT2D eigenvalue weighted by molar-refractivity contribution is 1.51. The highest BCUT2D eigenvalue weighted by atomic mass is 32.1. The van der Waals surface area contributed by atoms with Crippen LogP contribution < -0.4 is 5.73 Å². The monoisotopic (exact) mass is 188 g/mol. The number of anilines is 1. The van der Waals surface area contributed by atoms with Crippen LogP contribution in [0.15, 0.2) is 18.2 Å². The molecule has 3 heteroatoms. The van der Waals surface area contributed by atoms with Crippen molar-refractivity contribution < 1.29 is 0 Å². The summed E-state index contributed by atoms with van der Waals surface area (Å²) in [7, 11) is 0. The minimum Gasteiger partial charge on any atom is -0.390 e. The van der Waals surface area contributed by atoms with Crippen LogP contribution in [0.2, 0.25) is 0 Å². The highest BCUT2D eigenvalue weighted by Crippen LogP contribution is 2.34. The molecule has 1 heterocycles. The van der Waals surface area contributed by atoms with Crippen molar-refractivity contribution in [2.24, 2.45) is 0 Å². The van der Waals surface area contributed by atoms with Gasteiger partial charge in [0.2, 0.25) is 0 Å². The summed E-state index contributed by atoms with van der Waals surface area (Å²) in [6, 6.07) is 7.87. The topological polar surface area (TPSA) is 49.8 Å². The molecule has 0 fully saturated rings. The molecule has 2 N–H and O–H groups in total. The van der Waals surface area contributed by atoms with Crippen molar-refractivity contribution in [1.29, 1.82) is 5.26 Å². The SMILES string of the molecule is Cc1c(N)sc2c(C#N)cccc12. The lowest BCUT2D eigenvalue weighted by Gasteiger charge is -1.91. The van der Waals surface area contributed by atoms with E-state index in [9.17, 15) is 0 Å². The zero-order valence-electron chi connectivity index (χ0n) is 7.16. The Morgan fingerprint density at radius 2 is 2.23 bits per heavy atom. The van der Waals surface area contributed by atoms with E-state index in [0.717, 1.165) is 20.7 Å². The fraction of sp³-hybridized carbons (Fsp3) is 0.100. The molecule has 0 bridgehead atoms. The smallest absolute Gasteiger partial charge is 0.101 e. The maximum absolute atomic E-state index is 8.85. The quantitative estimate of drug-likeness (QED) is 0.691. The van der Waals surface area contributed by atoms with Crippen molar-refractivity contribution in [2.75, 3.05) is 5.73 Å². The number of nitrogens with zero attached hydrogens (tertiary/aromatic N) is 1. The van der Waals surface area contributed by atoms with Gasteiger partial charge in [-0.25, -0.2) is 0 Å². The van der Waals surface area contributed by atoms with Gasteiger partial charge in [0.25, 0.3) is 0 Å². The van der Waals surface area contributed by atoms with Gasteiger partial charge in [0, 0.05) is 0 Å². The summed E-state index contributed by atoms with van der Waals surface area (Å²) in [5.74, 6) is 0. The van der Waals surface area contributed by atoms with Crippen LogP contribution in [0.25, 0.3) is 10.1 Å². The minimum atomic E-state index is 0.710. The van der Waals surface area contributed by atoms with Crippen LogP contribution in [0, 0.1) is 18.3 Å². The van der Waals surface area contributed by atoms with Crippen molar-refractivity contribution >= 4 is 26.4 Å². The Morgan fingerprint density at radius 1 is 1.46 bits per heavy atom. The number of benzene rings is 1. The molecular formula is C10H8N2S. The van der Waals surface area contributed by atoms with Crippen LogP contribution in [0.3, 0.4) is 0 Å². The standard InChI is InChI=1S/C10H8N2S/c1-6-8-4-2-3-7(5-11)9(8)13-10(6)12/h2-4H,12H2,1H3. The Hall–Kier alpha value is -1.53. The van der Waals surface area contributed by atoms with E-state index in [1.54, 1.807) is 0 Å². The van der Waals surface area contributed by atoms with Gasteiger partial charge in [-0.05, 0) is 23.9 Å². The molecule has 0 amide bonds. The van der Waals surface area contributed by atoms with Gasteiger partial charge in [0.05, 0.1) is 15.3 Å². The van der Waals surface area contributed by atoms with E-state index in [2.05, 4.69) is 6.07 Å². The summed E-state index contributed by atoms with van der Waals surface area (Å²) >= 11 is 1.49. The van der Waals surface area contributed by atoms with E-state index in [0.29, 0.717) is 5.56 Å². The van der Waals surface area contributed by atoms with Crippen molar-refractivity contribution in [1.82, 2.24) is 0 Å². The average Bonchev–Trinajstić information content (AvgIpc) is 2.43. The first-order valence-electron chi connectivity index (χ1n) is 3.91. The zero-order chi connectivity index (χ0) is 9.42. The molecular weight excluding hydrogens is 180 g/mol. The van der Waals surface area contributed by atoms with Gasteiger partial charge in [0.1, 0.15) is 6.07 Å². The van der Waals surface area contributed by atoms with Gasteiger partial charge in [-0.1, -0.05) is 12.1 Å². The molecule has 1 aromatic carbocycles. The average molecular weight is 188 g/mol. The Bertz CT molecular complexity index is 505. The predicted octanol–water partition coefficient (Wildman–Crippen LogP) is 2.66. The fourth-order valence-corrected chi connectivity index (χ4v) is 2.39. The van der Waals surface area contributed by atoms with Crippen LogP contribution in [0.5, 0.6) is 0 Å². The predicted molar refractivity (Wildman–Crippen MR) is 55.7 cm³/mol. The van der Waals surface area contributed by atoms with E-state index in [4.69, 9.17) is 11.0 Å². The Kier molecular flexibility index (Phi) is 1.71. The number of rotatable bonds is 0. The van der Waals surface area contributed by atoms with E-state index in [-0.39, 0.29) is 0 Å². The van der Waals surface area contributed by atoms with Crippen LogP contribution >= 0.6 is 11.3 Å².